The van der Waals surface area contributed by atoms with Crippen LogP contribution < -0.4 is 4.74 Å². The molecule has 0 aliphatic rings. The topological polar surface area (TPSA) is 69.9 Å². The van der Waals surface area contributed by atoms with Crippen LogP contribution in [-0.2, 0) is 5.66 Å². The van der Waals surface area contributed by atoms with Crippen LogP contribution in [0.1, 0.15) is 17.7 Å². The average molecular weight is 469 g/mol. The number of fused-ring (bicyclic) bond motifs is 1. The van der Waals surface area contributed by atoms with Crippen molar-refractivity contribution in [2.45, 2.75) is 24.7 Å². The molecule has 0 fully saturated rings. The first-order valence-corrected chi connectivity index (χ1v) is 9.50. The van der Waals surface area contributed by atoms with E-state index in [0.29, 0.717) is 11.3 Å². The highest BCUT2D eigenvalue weighted by atomic mass is 79.9. The van der Waals surface area contributed by atoms with Crippen molar-refractivity contribution in [2.24, 2.45) is 0 Å². The first-order chi connectivity index (χ1) is 11.4. The van der Waals surface area contributed by atoms with Crippen LogP contribution in [0, 0.1) is 0 Å². The summed E-state index contributed by atoms with van der Waals surface area (Å²) in [6, 6.07) is 2.26. The lowest BCUT2D eigenvalue weighted by Gasteiger charge is -2.15. The Kier molecular flexibility index (Phi) is 6.15. The van der Waals surface area contributed by atoms with Crippen LogP contribution in [0.2, 0.25) is 0 Å². The predicted molar refractivity (Wildman–Crippen MR) is 87.2 cm³/mol. The van der Waals surface area contributed by atoms with Gasteiger partial charge in [-0.25, -0.2) is 0 Å². The Hall–Kier alpha value is -0.740. The van der Waals surface area contributed by atoms with E-state index in [0.717, 1.165) is 12.1 Å². The van der Waals surface area contributed by atoms with Crippen LogP contribution in [-0.4, -0.2) is 27.7 Å². The molecule has 0 aliphatic carbocycles. The van der Waals surface area contributed by atoms with Crippen LogP contribution in [0.15, 0.2) is 16.6 Å². The van der Waals surface area contributed by atoms with Crippen LogP contribution in [0.25, 0.3) is 10.1 Å². The van der Waals surface area contributed by atoms with Crippen LogP contribution in [0.5, 0.6) is 11.5 Å². The fourth-order valence-electron chi connectivity index (χ4n) is 1.97. The van der Waals surface area contributed by atoms with Crippen molar-refractivity contribution in [3.05, 3.63) is 21.5 Å². The molecule has 0 amide bonds. The van der Waals surface area contributed by atoms with E-state index in [1.807, 2.05) is 0 Å². The number of aromatic hydroxyl groups is 1. The molecular formula is C13H11BrF5O4PS. The van der Waals surface area contributed by atoms with Crippen molar-refractivity contribution in [1.82, 2.24) is 0 Å². The Balaban J connectivity index is 2.35. The number of thiophene rings is 1. The Bertz CT molecular complexity index is 765. The van der Waals surface area contributed by atoms with Crippen molar-refractivity contribution < 1.29 is 41.6 Å². The molecule has 0 saturated carbocycles. The van der Waals surface area contributed by atoms with E-state index in [2.05, 4.69) is 15.9 Å². The van der Waals surface area contributed by atoms with Crippen LogP contribution in [0.4, 0.5) is 22.0 Å². The molecule has 1 heterocycles. The van der Waals surface area contributed by atoms with E-state index in [9.17, 15) is 27.1 Å². The Morgan fingerprint density at radius 3 is 2.36 bits per heavy atom. The lowest BCUT2D eigenvalue weighted by atomic mass is 10.2. The number of phenols is 1. The second kappa shape index (κ2) is 7.48. The molecule has 2 rings (SSSR count). The summed E-state index contributed by atoms with van der Waals surface area (Å²) in [5, 5.41) is 9.81. The van der Waals surface area contributed by atoms with Gasteiger partial charge in [0.2, 0.25) is 8.38 Å². The standard InChI is InChI=1S/C13H11BrF5O4PS/c14-9-7-4-6(20)5-8(23-3-1-2-12(15,16)17)10(7)25-11(9)13(18,19)24(21)22/h4-5,20-22H,1-3H2. The number of phenolic OH excluding ortho intramolecular Hbond substituents is 1. The molecule has 12 heteroatoms. The van der Waals surface area contributed by atoms with E-state index in [1.165, 1.54) is 0 Å². The second-order valence-electron chi connectivity index (χ2n) is 4.96. The summed E-state index contributed by atoms with van der Waals surface area (Å²) in [4.78, 5) is 17.2. The summed E-state index contributed by atoms with van der Waals surface area (Å²) in [7, 11) is -3.60. The molecule has 2 aromatic rings. The predicted octanol–water partition coefficient (Wildman–Crippen LogP) is 5.44. The van der Waals surface area contributed by atoms with Gasteiger partial charge in [-0.1, -0.05) is 0 Å². The van der Waals surface area contributed by atoms with Gasteiger partial charge in [0.1, 0.15) is 11.5 Å². The Labute approximate surface area is 151 Å². The molecular weight excluding hydrogens is 458 g/mol. The summed E-state index contributed by atoms with van der Waals surface area (Å²) in [5.74, 6) is -0.396. The fraction of sp³-hybridized carbons (Fsp3) is 0.385. The maximum atomic E-state index is 13.9. The SMILES string of the molecule is Oc1cc(OCCCC(F)(F)F)c2sc(C(F)(F)P(O)O)c(Br)c2c1. The average Bonchev–Trinajstić information content (AvgIpc) is 2.80. The third-order valence-corrected chi connectivity index (χ3v) is 6.32. The van der Waals surface area contributed by atoms with E-state index in [-0.39, 0.29) is 39.1 Å². The van der Waals surface area contributed by atoms with Gasteiger partial charge in [0.05, 0.1) is 16.2 Å². The Morgan fingerprint density at radius 1 is 1.16 bits per heavy atom. The summed E-state index contributed by atoms with van der Waals surface area (Å²) < 4.78 is 69.5. The summed E-state index contributed by atoms with van der Waals surface area (Å²) in [6.07, 6.45) is -5.74. The summed E-state index contributed by atoms with van der Waals surface area (Å²) in [6.45, 7) is -0.327. The molecule has 0 radical (unpaired) electrons. The maximum absolute atomic E-state index is 13.9. The van der Waals surface area contributed by atoms with Crippen molar-refractivity contribution in [3.63, 3.8) is 0 Å². The third-order valence-electron chi connectivity index (χ3n) is 3.07. The zero-order chi connectivity index (χ0) is 19.0. The molecule has 0 saturated heterocycles. The first-order valence-electron chi connectivity index (χ1n) is 6.64. The molecule has 1 aromatic heterocycles. The highest BCUT2D eigenvalue weighted by Gasteiger charge is 2.45. The zero-order valence-electron chi connectivity index (χ0n) is 12.1. The van der Waals surface area contributed by atoms with Gasteiger partial charge in [0.25, 0.3) is 0 Å². The maximum Gasteiger partial charge on any atom is 0.389 e. The molecule has 0 aliphatic heterocycles. The largest absolute Gasteiger partial charge is 0.508 e. The summed E-state index contributed by atoms with van der Waals surface area (Å²) >= 11 is 3.43. The lowest BCUT2D eigenvalue weighted by Crippen LogP contribution is -2.09. The molecule has 0 spiro atoms. The minimum Gasteiger partial charge on any atom is -0.508 e. The number of rotatable bonds is 6. The molecule has 25 heavy (non-hydrogen) atoms. The zero-order valence-corrected chi connectivity index (χ0v) is 15.4. The monoisotopic (exact) mass is 468 g/mol. The van der Waals surface area contributed by atoms with Gasteiger partial charge in [-0.15, -0.1) is 11.3 Å². The molecule has 0 bridgehead atoms. The third kappa shape index (κ3) is 4.71. The van der Waals surface area contributed by atoms with Crippen molar-refractivity contribution in [3.8, 4) is 11.5 Å². The first kappa shape index (κ1) is 20.6. The highest BCUT2D eigenvalue weighted by Crippen LogP contribution is 2.58. The minimum absolute atomic E-state index is 0.0647. The van der Waals surface area contributed by atoms with Gasteiger partial charge in [0.15, 0.2) is 0 Å². The van der Waals surface area contributed by atoms with Crippen molar-refractivity contribution >= 4 is 45.7 Å². The second-order valence-corrected chi connectivity index (χ2v) is 7.92. The van der Waals surface area contributed by atoms with Crippen molar-refractivity contribution in [2.75, 3.05) is 6.61 Å². The Morgan fingerprint density at radius 2 is 1.80 bits per heavy atom. The molecule has 140 valence electrons. The fourth-order valence-corrected chi connectivity index (χ4v) is 4.75. The molecule has 4 nitrogen and oxygen atoms in total. The van der Waals surface area contributed by atoms with E-state index >= 15 is 0 Å². The van der Waals surface area contributed by atoms with Gasteiger partial charge >= 0.3 is 11.8 Å². The molecule has 3 N–H and O–H groups in total. The van der Waals surface area contributed by atoms with Gasteiger partial charge in [-0.05, 0) is 28.4 Å². The molecule has 1 aromatic carbocycles. The number of hydrogen-bond donors (Lipinski definition) is 3. The summed E-state index contributed by atoms with van der Waals surface area (Å²) in [5.41, 5.74) is -3.92. The van der Waals surface area contributed by atoms with Crippen LogP contribution in [0.3, 0.4) is 0 Å². The highest BCUT2D eigenvalue weighted by molar-refractivity contribution is 9.10. The van der Waals surface area contributed by atoms with Gasteiger partial charge in [-0.2, -0.15) is 22.0 Å². The molecule has 0 atom stereocenters. The van der Waals surface area contributed by atoms with E-state index < -0.39 is 31.5 Å². The van der Waals surface area contributed by atoms with Crippen molar-refractivity contribution in [1.29, 1.82) is 0 Å². The van der Waals surface area contributed by atoms with Crippen LogP contribution >= 0.6 is 35.6 Å². The number of ether oxygens (including phenoxy) is 1. The lowest BCUT2D eigenvalue weighted by molar-refractivity contribution is -0.136. The smallest absolute Gasteiger partial charge is 0.389 e. The minimum atomic E-state index is -4.34. The number of benzene rings is 1. The molecule has 0 unspecified atom stereocenters. The van der Waals surface area contributed by atoms with E-state index in [4.69, 9.17) is 14.5 Å². The van der Waals surface area contributed by atoms with Gasteiger partial charge in [-0.3, -0.25) is 0 Å². The number of hydrogen-bond acceptors (Lipinski definition) is 5. The van der Waals surface area contributed by atoms with E-state index in [1.54, 1.807) is 0 Å². The van der Waals surface area contributed by atoms with Gasteiger partial charge < -0.3 is 19.6 Å². The number of halogens is 6. The normalized spacial score (nSPS) is 13.0. The van der Waals surface area contributed by atoms with Gasteiger partial charge in [0, 0.05) is 22.3 Å². The quantitative estimate of drug-likeness (QED) is 0.300. The number of alkyl halides is 5.